The highest BCUT2D eigenvalue weighted by molar-refractivity contribution is 7.90. The lowest BCUT2D eigenvalue weighted by Gasteiger charge is -2.50. The van der Waals surface area contributed by atoms with Crippen LogP contribution in [0, 0.1) is 0 Å². The van der Waals surface area contributed by atoms with E-state index >= 15 is 0 Å². The lowest BCUT2D eigenvalue weighted by Crippen LogP contribution is -2.56. The maximum absolute atomic E-state index is 13.8. The minimum Gasteiger partial charge on any atom is -0.212 e. The van der Waals surface area contributed by atoms with E-state index in [1.54, 1.807) is 10.4 Å². The van der Waals surface area contributed by atoms with Crippen LogP contribution in [0.2, 0.25) is 10.0 Å². The summed E-state index contributed by atoms with van der Waals surface area (Å²) in [6, 6.07) is 14.7. The maximum Gasteiger partial charge on any atom is 0.220 e. The predicted molar refractivity (Wildman–Crippen MR) is 122 cm³/mol. The molecule has 2 aromatic rings. The highest BCUT2D eigenvalue weighted by Gasteiger charge is 2.54. The van der Waals surface area contributed by atoms with E-state index in [1.165, 1.54) is 0 Å². The molecule has 0 spiro atoms. The summed E-state index contributed by atoms with van der Waals surface area (Å²) >= 11 is 12.4. The van der Waals surface area contributed by atoms with E-state index in [0.29, 0.717) is 22.9 Å². The average molecular weight is 452 g/mol. The van der Waals surface area contributed by atoms with Crippen LogP contribution in [0.1, 0.15) is 56.7 Å². The third-order valence-electron chi connectivity index (χ3n) is 5.78. The molecule has 0 N–H and O–H groups in total. The van der Waals surface area contributed by atoms with Crippen molar-refractivity contribution in [3.8, 4) is 0 Å². The molecule has 1 aliphatic rings. The van der Waals surface area contributed by atoms with Crippen molar-refractivity contribution in [3.63, 3.8) is 0 Å². The molecule has 156 valence electrons. The molecule has 29 heavy (non-hydrogen) atoms. The second kappa shape index (κ2) is 8.43. The Balaban J connectivity index is 2.26. The van der Waals surface area contributed by atoms with E-state index in [9.17, 15) is 8.42 Å². The summed E-state index contributed by atoms with van der Waals surface area (Å²) in [5.74, 6) is -0.0502. The number of hydrogen-bond acceptors (Lipinski definition) is 2. The number of benzene rings is 2. The van der Waals surface area contributed by atoms with Crippen LogP contribution in [-0.2, 0) is 10.0 Å². The lowest BCUT2D eigenvalue weighted by atomic mass is 9.79. The van der Waals surface area contributed by atoms with E-state index in [0.717, 1.165) is 11.1 Å². The topological polar surface area (TPSA) is 37.4 Å². The van der Waals surface area contributed by atoms with Gasteiger partial charge in [0.05, 0.1) is 10.8 Å². The normalized spacial score (nSPS) is 27.1. The molecule has 3 rings (SSSR count). The van der Waals surface area contributed by atoms with Gasteiger partial charge in [-0.3, -0.25) is 0 Å². The fraction of sp³-hybridized carbons (Fsp3) is 0.391. The number of halogens is 2. The van der Waals surface area contributed by atoms with Crippen molar-refractivity contribution in [1.82, 2.24) is 4.31 Å². The number of sulfonamides is 1. The summed E-state index contributed by atoms with van der Waals surface area (Å²) in [6.45, 7) is 9.50. The Morgan fingerprint density at radius 3 is 2.34 bits per heavy atom. The Kier molecular flexibility index (Phi) is 6.50. The molecule has 0 bridgehead atoms. The molecule has 0 aromatic heterocycles. The van der Waals surface area contributed by atoms with E-state index < -0.39 is 14.8 Å². The molecule has 1 aliphatic heterocycles. The van der Waals surface area contributed by atoms with Crippen molar-refractivity contribution in [2.45, 2.75) is 56.4 Å². The fourth-order valence-electron chi connectivity index (χ4n) is 4.43. The van der Waals surface area contributed by atoms with Crippen LogP contribution in [0.15, 0.2) is 61.2 Å². The van der Waals surface area contributed by atoms with Crippen molar-refractivity contribution in [3.05, 3.63) is 82.4 Å². The quantitative estimate of drug-likeness (QED) is 0.480. The van der Waals surface area contributed by atoms with E-state index in [1.807, 2.05) is 69.3 Å². The van der Waals surface area contributed by atoms with Crippen molar-refractivity contribution >= 4 is 33.2 Å². The molecule has 0 amide bonds. The summed E-state index contributed by atoms with van der Waals surface area (Å²) in [6.07, 6.45) is 2.58. The van der Waals surface area contributed by atoms with Gasteiger partial charge in [0.25, 0.3) is 0 Å². The Morgan fingerprint density at radius 2 is 1.79 bits per heavy atom. The van der Waals surface area contributed by atoms with Crippen LogP contribution in [0.5, 0.6) is 0 Å². The Labute approximate surface area is 184 Å². The fourth-order valence-corrected chi connectivity index (χ4v) is 7.11. The summed E-state index contributed by atoms with van der Waals surface area (Å²) < 4.78 is 28.3. The van der Waals surface area contributed by atoms with Crippen molar-refractivity contribution in [2.24, 2.45) is 0 Å². The number of allylic oxidation sites excluding steroid dienone is 1. The zero-order chi connectivity index (χ0) is 21.4. The Bertz CT molecular complexity index is 988. The van der Waals surface area contributed by atoms with Gasteiger partial charge in [-0.05, 0) is 69.0 Å². The average Bonchev–Trinajstić information content (AvgIpc) is 2.64. The molecular weight excluding hydrogens is 425 g/mol. The second-order valence-corrected chi connectivity index (χ2v) is 11.5. The molecule has 0 radical (unpaired) electrons. The van der Waals surface area contributed by atoms with Crippen molar-refractivity contribution in [1.29, 1.82) is 0 Å². The van der Waals surface area contributed by atoms with Gasteiger partial charge in [0.2, 0.25) is 10.0 Å². The smallest absolute Gasteiger partial charge is 0.212 e. The van der Waals surface area contributed by atoms with Gasteiger partial charge in [-0.25, -0.2) is 8.42 Å². The van der Waals surface area contributed by atoms with Crippen molar-refractivity contribution in [2.75, 3.05) is 0 Å². The monoisotopic (exact) mass is 451 g/mol. The third kappa shape index (κ3) is 4.13. The van der Waals surface area contributed by atoms with Gasteiger partial charge < -0.3 is 0 Å². The first-order valence-corrected chi connectivity index (χ1v) is 12.0. The highest BCUT2D eigenvalue weighted by Crippen LogP contribution is 2.52. The third-order valence-corrected chi connectivity index (χ3v) is 9.05. The first-order chi connectivity index (χ1) is 13.6. The molecule has 0 saturated carbocycles. The maximum atomic E-state index is 13.8. The predicted octanol–water partition coefficient (Wildman–Crippen LogP) is 6.60. The van der Waals surface area contributed by atoms with Gasteiger partial charge >= 0.3 is 0 Å². The first kappa shape index (κ1) is 22.4. The lowest BCUT2D eigenvalue weighted by molar-refractivity contribution is 0.191. The largest absolute Gasteiger partial charge is 0.220 e. The minimum absolute atomic E-state index is 0.0502. The molecule has 1 heterocycles. The van der Waals surface area contributed by atoms with Crippen LogP contribution < -0.4 is 0 Å². The van der Waals surface area contributed by atoms with Crippen LogP contribution in [0.25, 0.3) is 0 Å². The minimum atomic E-state index is -3.59. The summed E-state index contributed by atoms with van der Waals surface area (Å²) in [5, 5.41) is 1.27. The molecule has 3 nitrogen and oxygen atoms in total. The van der Waals surface area contributed by atoms with Crippen molar-refractivity contribution < 1.29 is 8.42 Å². The molecular formula is C23H27Cl2NO2S. The standard InChI is InChI=1S/C23H27Cl2NO2S/c1-5-13-23(4)15-21(18-7-6-8-20(25)14-18)22(17-9-11-19(24)12-10-17)26(16(2)3)29(23,27)28/h5-12,14,16,21-22H,1,13,15H2,2-4H3/t21-,22-,23-/m1/s1. The number of hydrogen-bond donors (Lipinski definition) is 0. The molecule has 1 fully saturated rings. The molecule has 6 heteroatoms. The number of nitrogens with zero attached hydrogens (tertiary/aromatic N) is 1. The molecule has 3 atom stereocenters. The molecule has 0 aliphatic carbocycles. The van der Waals surface area contributed by atoms with E-state index in [-0.39, 0.29) is 18.0 Å². The molecule has 0 unspecified atom stereocenters. The molecule has 1 saturated heterocycles. The van der Waals surface area contributed by atoms with E-state index in [4.69, 9.17) is 23.2 Å². The van der Waals surface area contributed by atoms with Gasteiger partial charge in [0, 0.05) is 22.0 Å². The summed E-state index contributed by atoms with van der Waals surface area (Å²) in [7, 11) is -3.59. The Hall–Kier alpha value is -1.33. The van der Waals surface area contributed by atoms with Gasteiger partial charge in [-0.1, -0.05) is 53.5 Å². The van der Waals surface area contributed by atoms with Gasteiger partial charge in [0.15, 0.2) is 0 Å². The Morgan fingerprint density at radius 1 is 1.14 bits per heavy atom. The zero-order valence-corrected chi connectivity index (χ0v) is 19.3. The van der Waals surface area contributed by atoms with E-state index in [2.05, 4.69) is 6.58 Å². The van der Waals surface area contributed by atoms with Crippen LogP contribution in [0.3, 0.4) is 0 Å². The van der Waals surface area contributed by atoms with Crippen LogP contribution in [0.4, 0.5) is 0 Å². The summed E-state index contributed by atoms with van der Waals surface area (Å²) in [5.41, 5.74) is 1.96. The molecule has 2 aromatic carbocycles. The highest BCUT2D eigenvalue weighted by atomic mass is 35.5. The van der Waals surface area contributed by atoms with Gasteiger partial charge in [-0.2, -0.15) is 4.31 Å². The number of rotatable bonds is 5. The van der Waals surface area contributed by atoms with Crippen LogP contribution >= 0.6 is 23.2 Å². The summed E-state index contributed by atoms with van der Waals surface area (Å²) in [4.78, 5) is 0. The first-order valence-electron chi connectivity index (χ1n) is 9.75. The van der Waals surface area contributed by atoms with Crippen LogP contribution in [-0.4, -0.2) is 23.5 Å². The second-order valence-electron chi connectivity index (χ2n) is 8.23. The van der Waals surface area contributed by atoms with Gasteiger partial charge in [-0.15, -0.1) is 6.58 Å². The zero-order valence-electron chi connectivity index (χ0n) is 17.0. The van der Waals surface area contributed by atoms with Gasteiger partial charge in [0.1, 0.15) is 0 Å². The SMILES string of the molecule is C=CC[C@]1(C)C[C@H](c2cccc(Cl)c2)[C@@H](c2ccc(Cl)cc2)N(C(C)C)S1(=O)=O.